The standard InChI is InChI=1S/C59H62N10O7/c1-6-75-56(72)40-12-11-27-67(33-40)55-45-14-8-10-16-47(45)61-57(65-55)66-28-25-41(26-29-66)69-50-24-20-39(32-49(50)63-59(69)73)38-19-23-44-48(31-38)62-58(64-54(44)60-46-15-9-7-13-43(46)35(2)3)68-34-52(71)53(76-36(4)70)51(68)30-37-17-21-42(74-5)22-18-37/h7-10,13-25,31-32,35,40,51-53,71H,6,11-12,26-30,33-34H2,1-5H3,(H,63,73)(H,60,62,64). The number of anilines is 5. The van der Waals surface area contributed by atoms with Gasteiger partial charge in [-0.3, -0.25) is 14.2 Å². The molecule has 0 aliphatic carbocycles. The van der Waals surface area contributed by atoms with E-state index in [1.54, 1.807) is 11.7 Å². The number of aromatic amines is 1. The second kappa shape index (κ2) is 21.1. The van der Waals surface area contributed by atoms with Gasteiger partial charge >= 0.3 is 17.6 Å². The van der Waals surface area contributed by atoms with E-state index in [4.69, 9.17) is 34.1 Å². The number of aliphatic hydroxyl groups is 1. The van der Waals surface area contributed by atoms with Crippen molar-refractivity contribution < 1.29 is 28.9 Å². The Bertz CT molecular complexity index is 3580. The molecule has 4 atom stereocenters. The molecule has 5 aromatic carbocycles. The maximum Gasteiger partial charge on any atom is 0.330 e. The Morgan fingerprint density at radius 1 is 0.842 bits per heavy atom. The first kappa shape index (κ1) is 49.9. The van der Waals surface area contributed by atoms with E-state index in [1.807, 2.05) is 115 Å². The zero-order chi connectivity index (χ0) is 52.6. The van der Waals surface area contributed by atoms with Crippen LogP contribution in [0.15, 0.2) is 120 Å². The van der Waals surface area contributed by atoms with Crippen LogP contribution < -0.4 is 30.4 Å². The lowest BCUT2D eigenvalue weighted by Gasteiger charge is -2.34. The molecule has 8 aromatic rings. The number of rotatable bonds is 14. The molecular weight excluding hydrogens is 961 g/mol. The van der Waals surface area contributed by atoms with Gasteiger partial charge in [0, 0.05) is 61.7 Å². The summed E-state index contributed by atoms with van der Waals surface area (Å²) in [6.45, 7) is 10.4. The predicted molar refractivity (Wildman–Crippen MR) is 297 cm³/mol. The van der Waals surface area contributed by atoms with Crippen LogP contribution in [-0.2, 0) is 25.5 Å². The van der Waals surface area contributed by atoms with Crippen LogP contribution >= 0.6 is 0 Å². The summed E-state index contributed by atoms with van der Waals surface area (Å²) < 4.78 is 18.4. The van der Waals surface area contributed by atoms with Gasteiger partial charge in [-0.15, -0.1) is 0 Å². The average Bonchev–Trinajstić information content (AvgIpc) is 4.00. The number of hydrogen-bond acceptors (Lipinski definition) is 15. The van der Waals surface area contributed by atoms with Gasteiger partial charge in [-0.1, -0.05) is 68.4 Å². The first-order valence-corrected chi connectivity index (χ1v) is 26.2. The minimum absolute atomic E-state index is 0.137. The summed E-state index contributed by atoms with van der Waals surface area (Å²) in [5, 5.41) is 16.9. The van der Waals surface area contributed by atoms with Gasteiger partial charge in [0.1, 0.15) is 29.6 Å². The molecule has 76 heavy (non-hydrogen) atoms. The summed E-state index contributed by atoms with van der Waals surface area (Å²) in [7, 11) is 1.62. The number of aromatic nitrogens is 6. The molecule has 0 radical (unpaired) electrons. The third-order valence-electron chi connectivity index (χ3n) is 14.9. The quantitative estimate of drug-likeness (QED) is 0.0873. The number of fused-ring (bicyclic) bond motifs is 3. The van der Waals surface area contributed by atoms with E-state index in [0.717, 1.165) is 86.4 Å². The van der Waals surface area contributed by atoms with Gasteiger partial charge in [-0.25, -0.2) is 14.8 Å². The summed E-state index contributed by atoms with van der Waals surface area (Å²) in [6.07, 6.45) is 2.91. The number of H-pyrrole nitrogens is 1. The normalized spacial score (nSPS) is 18.9. The molecule has 0 saturated carbocycles. The van der Waals surface area contributed by atoms with E-state index in [0.29, 0.717) is 67.8 Å². The van der Waals surface area contributed by atoms with Crippen LogP contribution in [0.25, 0.3) is 49.7 Å². The molecule has 6 heterocycles. The number of aliphatic hydroxyl groups excluding tert-OH is 1. The molecular formula is C59H62N10O7. The lowest BCUT2D eigenvalue weighted by Crippen LogP contribution is -2.41. The third kappa shape index (κ3) is 9.89. The fraction of sp³-hybridized carbons (Fsp3) is 0.339. The van der Waals surface area contributed by atoms with Gasteiger partial charge in [0.2, 0.25) is 11.9 Å². The number of ether oxygens (including phenoxy) is 3. The number of carbonyl (C=O) groups is 2. The lowest BCUT2D eigenvalue weighted by molar-refractivity contribution is -0.151. The highest BCUT2D eigenvalue weighted by molar-refractivity contribution is 5.96. The van der Waals surface area contributed by atoms with Crippen molar-refractivity contribution in [2.75, 3.05) is 66.5 Å². The Morgan fingerprint density at radius 2 is 1.62 bits per heavy atom. The summed E-state index contributed by atoms with van der Waals surface area (Å²) in [5.74, 6) is 2.46. The Hall–Kier alpha value is -8.31. The summed E-state index contributed by atoms with van der Waals surface area (Å²) in [6, 6.07) is 35.4. The Balaban J connectivity index is 0.907. The van der Waals surface area contributed by atoms with Crippen LogP contribution in [0.3, 0.4) is 0 Å². The zero-order valence-corrected chi connectivity index (χ0v) is 43.4. The molecule has 390 valence electrons. The highest BCUT2D eigenvalue weighted by Gasteiger charge is 2.45. The van der Waals surface area contributed by atoms with E-state index >= 15 is 0 Å². The number of imidazole rings is 1. The third-order valence-corrected chi connectivity index (χ3v) is 14.9. The van der Waals surface area contributed by atoms with Crippen LogP contribution in [0.4, 0.5) is 29.2 Å². The largest absolute Gasteiger partial charge is 0.497 e. The number of esters is 2. The van der Waals surface area contributed by atoms with Gasteiger partial charge in [-0.2, -0.15) is 9.97 Å². The van der Waals surface area contributed by atoms with Gasteiger partial charge in [-0.05, 0) is 115 Å². The monoisotopic (exact) mass is 1020 g/mol. The molecule has 2 fully saturated rings. The fourth-order valence-electron chi connectivity index (χ4n) is 11.1. The van der Waals surface area contributed by atoms with Crippen LogP contribution in [0.1, 0.15) is 64.0 Å². The molecule has 3 aliphatic heterocycles. The van der Waals surface area contributed by atoms with E-state index in [1.165, 1.54) is 6.92 Å². The van der Waals surface area contributed by atoms with E-state index in [9.17, 15) is 19.5 Å². The Labute approximate surface area is 440 Å². The number of β-amino-alcohol motifs (C(OH)–C–C–N with tert-alkyl or cyclic N) is 1. The van der Waals surface area contributed by atoms with Crippen LogP contribution in [0, 0.1) is 5.92 Å². The second-order valence-electron chi connectivity index (χ2n) is 20.2. The molecule has 4 unspecified atom stereocenters. The van der Waals surface area contributed by atoms with Gasteiger partial charge < -0.3 is 44.3 Å². The second-order valence-corrected chi connectivity index (χ2v) is 20.2. The molecule has 3 aromatic heterocycles. The number of benzene rings is 5. The van der Waals surface area contributed by atoms with Crippen molar-refractivity contribution in [2.45, 2.75) is 77.5 Å². The molecule has 3 aliphatic rings. The maximum absolute atomic E-state index is 13.9. The lowest BCUT2D eigenvalue weighted by atomic mass is 9.98. The Morgan fingerprint density at radius 3 is 2.39 bits per heavy atom. The van der Waals surface area contributed by atoms with E-state index < -0.39 is 24.2 Å². The number of nitrogens with zero attached hydrogens (tertiary/aromatic N) is 8. The highest BCUT2D eigenvalue weighted by Crippen LogP contribution is 2.37. The van der Waals surface area contributed by atoms with E-state index in [2.05, 4.69) is 46.1 Å². The minimum Gasteiger partial charge on any atom is -0.497 e. The van der Waals surface area contributed by atoms with Crippen molar-refractivity contribution in [2.24, 2.45) is 5.92 Å². The average molecular weight is 1020 g/mol. The zero-order valence-electron chi connectivity index (χ0n) is 43.4. The number of hydrogen-bond donors (Lipinski definition) is 3. The van der Waals surface area contributed by atoms with E-state index in [-0.39, 0.29) is 30.0 Å². The number of piperidine rings is 1. The van der Waals surface area contributed by atoms with Crippen molar-refractivity contribution in [3.8, 4) is 16.9 Å². The van der Waals surface area contributed by atoms with Crippen molar-refractivity contribution >= 4 is 79.7 Å². The SMILES string of the molecule is CCOC(=O)C1CCCN(c2nc(N3CC=C(n4c(=O)[nH]c5cc(-c6ccc7c(Nc8ccccc8C(C)C)nc(N8CC(O)C(OC(C)=O)C8Cc8ccc(OC)cc8)nc7c6)ccc54)CC3)nc3ccccc23)C1. The maximum atomic E-state index is 13.9. The number of nitrogens with one attached hydrogen (secondary N) is 2. The van der Waals surface area contributed by atoms with Crippen molar-refractivity contribution in [3.05, 3.63) is 137 Å². The highest BCUT2D eigenvalue weighted by atomic mass is 16.6. The molecule has 2 saturated heterocycles. The number of methoxy groups -OCH3 is 1. The van der Waals surface area contributed by atoms with Gasteiger partial charge in [0.25, 0.3) is 0 Å². The van der Waals surface area contributed by atoms with Gasteiger partial charge in [0.15, 0.2) is 0 Å². The van der Waals surface area contributed by atoms with Crippen LogP contribution in [0.5, 0.6) is 5.75 Å². The fourth-order valence-corrected chi connectivity index (χ4v) is 11.1. The minimum atomic E-state index is -0.994. The first-order valence-electron chi connectivity index (χ1n) is 26.2. The molecule has 11 rings (SSSR count). The molecule has 17 heteroatoms. The Kier molecular flexibility index (Phi) is 13.9. The predicted octanol–water partition coefficient (Wildman–Crippen LogP) is 9.01. The van der Waals surface area contributed by atoms with Crippen LogP contribution in [-0.4, -0.2) is 111 Å². The van der Waals surface area contributed by atoms with Crippen molar-refractivity contribution in [1.82, 2.24) is 29.5 Å². The number of para-hydroxylation sites is 2. The molecule has 17 nitrogen and oxygen atoms in total. The molecule has 0 spiro atoms. The number of carbonyl (C=O) groups excluding carboxylic acids is 2. The van der Waals surface area contributed by atoms with Crippen LogP contribution in [0.2, 0.25) is 0 Å². The summed E-state index contributed by atoms with van der Waals surface area (Å²) in [4.78, 5) is 69.1. The van der Waals surface area contributed by atoms with Crippen molar-refractivity contribution in [3.63, 3.8) is 0 Å². The summed E-state index contributed by atoms with van der Waals surface area (Å²) >= 11 is 0. The smallest absolute Gasteiger partial charge is 0.330 e. The first-order chi connectivity index (χ1) is 36.9. The molecule has 0 bridgehead atoms. The summed E-state index contributed by atoms with van der Waals surface area (Å²) in [5.41, 5.74) is 8.35. The molecule has 0 amide bonds. The topological polar surface area (TPSA) is 193 Å². The molecule has 3 N–H and O–H groups in total. The van der Waals surface area contributed by atoms with Crippen molar-refractivity contribution in [1.29, 1.82) is 0 Å². The van der Waals surface area contributed by atoms with Gasteiger partial charge in [0.05, 0.1) is 54.3 Å².